The van der Waals surface area contributed by atoms with Crippen LogP contribution < -0.4 is 14.8 Å². The number of ether oxygens (including phenoxy) is 2. The summed E-state index contributed by atoms with van der Waals surface area (Å²) < 4.78 is 11.5. The van der Waals surface area contributed by atoms with E-state index in [4.69, 9.17) is 9.47 Å². The molecule has 0 amide bonds. The molecular weight excluding hydrogens is 324 g/mol. The second kappa shape index (κ2) is 9.85. The third-order valence-corrected chi connectivity index (χ3v) is 4.45. The molecule has 0 spiro atoms. The number of aliphatic imine (C=N–C) groups is 1. The van der Waals surface area contributed by atoms with Gasteiger partial charge in [-0.1, -0.05) is 37.3 Å². The van der Waals surface area contributed by atoms with Crippen LogP contribution in [0.4, 0.5) is 0 Å². The van der Waals surface area contributed by atoms with E-state index in [1.807, 2.05) is 30.3 Å². The second-order valence-corrected chi connectivity index (χ2v) is 6.66. The molecule has 2 aromatic rings. The highest BCUT2D eigenvalue weighted by atomic mass is 16.5. The summed E-state index contributed by atoms with van der Waals surface area (Å²) in [5, 5.41) is 3.36. The number of rotatable bonds is 10. The average molecular weight is 352 g/mol. The summed E-state index contributed by atoms with van der Waals surface area (Å²) >= 11 is 0. The Kier molecular flexibility index (Phi) is 6.94. The van der Waals surface area contributed by atoms with Gasteiger partial charge in [-0.05, 0) is 49.1 Å². The predicted octanol–water partition coefficient (Wildman–Crippen LogP) is 4.10. The zero-order valence-electron chi connectivity index (χ0n) is 15.5. The van der Waals surface area contributed by atoms with Crippen molar-refractivity contribution in [2.75, 3.05) is 26.3 Å². The van der Waals surface area contributed by atoms with Crippen molar-refractivity contribution in [1.29, 1.82) is 0 Å². The molecule has 1 aliphatic heterocycles. The first-order valence-electron chi connectivity index (χ1n) is 9.49. The maximum absolute atomic E-state index is 5.83. The molecule has 1 atom stereocenters. The highest BCUT2D eigenvalue weighted by Crippen LogP contribution is 2.16. The normalized spacial score (nSPS) is 14.4. The molecule has 4 heteroatoms. The van der Waals surface area contributed by atoms with E-state index in [1.165, 1.54) is 5.56 Å². The lowest BCUT2D eigenvalue weighted by molar-refractivity contribution is 0.266. The summed E-state index contributed by atoms with van der Waals surface area (Å²) in [6, 6.07) is 18.4. The molecule has 2 aromatic carbocycles. The molecule has 138 valence electrons. The molecule has 0 saturated carbocycles. The Labute approximate surface area is 156 Å². The second-order valence-electron chi connectivity index (χ2n) is 6.66. The largest absolute Gasteiger partial charge is 0.494 e. The van der Waals surface area contributed by atoms with Gasteiger partial charge >= 0.3 is 0 Å². The molecular formula is C22H28N2O2. The third-order valence-electron chi connectivity index (χ3n) is 4.45. The van der Waals surface area contributed by atoms with E-state index in [0.717, 1.165) is 56.3 Å². The van der Waals surface area contributed by atoms with Crippen LogP contribution >= 0.6 is 0 Å². The molecule has 0 unspecified atom stereocenters. The number of hydrogen-bond donors (Lipinski definition) is 1. The van der Waals surface area contributed by atoms with Gasteiger partial charge in [0.15, 0.2) is 0 Å². The molecule has 0 radical (unpaired) electrons. The SMILES string of the molecule is C[C@@H](Cc1ccc(OCCCCOc2ccccc2)cc1)C1=NCCN1. The summed E-state index contributed by atoms with van der Waals surface area (Å²) in [6.07, 6.45) is 2.97. The van der Waals surface area contributed by atoms with Gasteiger partial charge in [0, 0.05) is 12.5 Å². The number of benzene rings is 2. The van der Waals surface area contributed by atoms with E-state index in [9.17, 15) is 0 Å². The van der Waals surface area contributed by atoms with Gasteiger partial charge in [-0.2, -0.15) is 0 Å². The fourth-order valence-corrected chi connectivity index (χ4v) is 3.02. The van der Waals surface area contributed by atoms with Crippen molar-refractivity contribution in [3.63, 3.8) is 0 Å². The first-order chi connectivity index (χ1) is 12.8. The number of hydrogen-bond acceptors (Lipinski definition) is 4. The Hall–Kier alpha value is -2.49. The van der Waals surface area contributed by atoms with Gasteiger partial charge in [-0.15, -0.1) is 0 Å². The van der Waals surface area contributed by atoms with E-state index in [-0.39, 0.29) is 0 Å². The topological polar surface area (TPSA) is 42.9 Å². The van der Waals surface area contributed by atoms with Gasteiger partial charge in [0.2, 0.25) is 0 Å². The van der Waals surface area contributed by atoms with Crippen molar-refractivity contribution in [3.8, 4) is 11.5 Å². The number of nitrogens with one attached hydrogen (secondary N) is 1. The minimum absolute atomic E-state index is 0.439. The van der Waals surface area contributed by atoms with Gasteiger partial charge in [-0.25, -0.2) is 0 Å². The van der Waals surface area contributed by atoms with E-state index in [0.29, 0.717) is 12.5 Å². The van der Waals surface area contributed by atoms with Crippen molar-refractivity contribution < 1.29 is 9.47 Å². The van der Waals surface area contributed by atoms with Gasteiger partial charge < -0.3 is 14.8 Å². The van der Waals surface area contributed by atoms with Crippen LogP contribution in [0.2, 0.25) is 0 Å². The van der Waals surface area contributed by atoms with Crippen LogP contribution in [0.25, 0.3) is 0 Å². The Balaban J connectivity index is 1.31. The lowest BCUT2D eigenvalue weighted by Gasteiger charge is -2.13. The van der Waals surface area contributed by atoms with E-state index in [1.54, 1.807) is 0 Å². The molecule has 1 aliphatic rings. The highest BCUT2D eigenvalue weighted by Gasteiger charge is 2.14. The molecule has 1 heterocycles. The Bertz CT molecular complexity index is 683. The molecule has 0 saturated heterocycles. The van der Waals surface area contributed by atoms with Crippen LogP contribution in [-0.2, 0) is 6.42 Å². The summed E-state index contributed by atoms with van der Waals surface area (Å²) in [6.45, 7) is 5.54. The van der Waals surface area contributed by atoms with Crippen molar-refractivity contribution in [2.45, 2.75) is 26.2 Å². The molecule has 0 fully saturated rings. The monoisotopic (exact) mass is 352 g/mol. The maximum atomic E-state index is 5.83. The third kappa shape index (κ3) is 5.80. The number of nitrogens with zero attached hydrogens (tertiary/aromatic N) is 1. The van der Waals surface area contributed by atoms with Crippen LogP contribution in [0.5, 0.6) is 11.5 Å². The van der Waals surface area contributed by atoms with Gasteiger partial charge in [0.05, 0.1) is 25.6 Å². The molecule has 26 heavy (non-hydrogen) atoms. The maximum Gasteiger partial charge on any atom is 0.119 e. The molecule has 3 rings (SSSR count). The summed E-state index contributed by atoms with van der Waals surface area (Å²) in [5.74, 6) is 3.44. The van der Waals surface area contributed by atoms with Crippen molar-refractivity contribution in [2.24, 2.45) is 10.9 Å². The van der Waals surface area contributed by atoms with Gasteiger partial charge in [0.25, 0.3) is 0 Å². The average Bonchev–Trinajstić information content (AvgIpc) is 3.22. The summed E-state index contributed by atoms with van der Waals surface area (Å²) in [5.41, 5.74) is 1.32. The van der Waals surface area contributed by atoms with Gasteiger partial charge in [-0.3, -0.25) is 4.99 Å². The first-order valence-corrected chi connectivity index (χ1v) is 9.49. The van der Waals surface area contributed by atoms with Crippen molar-refractivity contribution in [1.82, 2.24) is 5.32 Å². The number of unbranched alkanes of at least 4 members (excludes halogenated alkanes) is 1. The molecule has 0 aliphatic carbocycles. The smallest absolute Gasteiger partial charge is 0.119 e. The number of para-hydroxylation sites is 1. The van der Waals surface area contributed by atoms with Crippen LogP contribution in [0, 0.1) is 5.92 Å². The zero-order valence-corrected chi connectivity index (χ0v) is 15.5. The Morgan fingerprint density at radius 2 is 1.58 bits per heavy atom. The van der Waals surface area contributed by atoms with Crippen molar-refractivity contribution >= 4 is 5.84 Å². The standard InChI is InChI=1S/C22H28N2O2/c1-18(22-23-13-14-24-22)17-19-9-11-21(12-10-19)26-16-6-5-15-25-20-7-3-2-4-8-20/h2-4,7-12,18H,5-6,13-17H2,1H3,(H,23,24)/t18-/m0/s1. The molecule has 4 nitrogen and oxygen atoms in total. The molecule has 0 bridgehead atoms. The predicted molar refractivity (Wildman–Crippen MR) is 106 cm³/mol. The van der Waals surface area contributed by atoms with E-state index in [2.05, 4.69) is 41.5 Å². The zero-order chi connectivity index (χ0) is 18.0. The Morgan fingerprint density at radius 3 is 2.19 bits per heavy atom. The molecule has 1 N–H and O–H groups in total. The van der Waals surface area contributed by atoms with Crippen LogP contribution in [0.1, 0.15) is 25.3 Å². The Morgan fingerprint density at radius 1 is 0.923 bits per heavy atom. The minimum Gasteiger partial charge on any atom is -0.494 e. The minimum atomic E-state index is 0.439. The highest BCUT2D eigenvalue weighted by molar-refractivity contribution is 5.85. The van der Waals surface area contributed by atoms with Crippen molar-refractivity contribution in [3.05, 3.63) is 60.2 Å². The first kappa shape index (κ1) is 18.3. The fourth-order valence-electron chi connectivity index (χ4n) is 3.02. The summed E-state index contributed by atoms with van der Waals surface area (Å²) in [7, 11) is 0. The number of amidine groups is 1. The van der Waals surface area contributed by atoms with Crippen LogP contribution in [-0.4, -0.2) is 32.1 Å². The summed E-state index contributed by atoms with van der Waals surface area (Å²) in [4.78, 5) is 4.50. The van der Waals surface area contributed by atoms with Gasteiger partial charge in [0.1, 0.15) is 11.5 Å². The van der Waals surface area contributed by atoms with Crippen LogP contribution in [0.15, 0.2) is 59.6 Å². The quantitative estimate of drug-likeness (QED) is 0.655. The van der Waals surface area contributed by atoms with E-state index >= 15 is 0 Å². The van der Waals surface area contributed by atoms with Crippen LogP contribution in [0.3, 0.4) is 0 Å². The molecule has 0 aromatic heterocycles. The fraction of sp³-hybridized carbons (Fsp3) is 0.409. The van der Waals surface area contributed by atoms with E-state index < -0.39 is 0 Å². The lowest BCUT2D eigenvalue weighted by Crippen LogP contribution is -2.26. The lowest BCUT2D eigenvalue weighted by atomic mass is 10.00.